The van der Waals surface area contributed by atoms with Gasteiger partial charge in [0, 0.05) is 39.0 Å². The first kappa shape index (κ1) is 15.4. The summed E-state index contributed by atoms with van der Waals surface area (Å²) >= 11 is 0. The van der Waals surface area contributed by atoms with E-state index in [1.54, 1.807) is 7.05 Å². The van der Waals surface area contributed by atoms with Crippen LogP contribution >= 0.6 is 0 Å². The van der Waals surface area contributed by atoms with Crippen LogP contribution < -0.4 is 5.32 Å². The van der Waals surface area contributed by atoms with E-state index in [4.69, 9.17) is 4.74 Å². The summed E-state index contributed by atoms with van der Waals surface area (Å²) < 4.78 is 4.84. The zero-order valence-electron chi connectivity index (χ0n) is 11.4. The van der Waals surface area contributed by atoms with Gasteiger partial charge in [-0.15, -0.1) is 0 Å². The van der Waals surface area contributed by atoms with Crippen molar-refractivity contribution in [3.8, 4) is 0 Å². The number of nitrogens with one attached hydrogen (secondary N) is 1. The molecule has 1 N–H and O–H groups in total. The second kappa shape index (κ2) is 6.50. The summed E-state index contributed by atoms with van der Waals surface area (Å²) in [5.74, 6) is -1.18. The number of ether oxygens (including phenoxy) is 1. The number of non-ortho nitro benzene ring substituents is 1. The summed E-state index contributed by atoms with van der Waals surface area (Å²) in [5, 5.41) is 13.4. The minimum absolute atomic E-state index is 0.00764. The number of nitrogens with zero attached hydrogens (tertiary/aromatic N) is 2. The lowest BCUT2D eigenvalue weighted by Crippen LogP contribution is -2.27. The molecule has 0 unspecified atom stereocenters. The van der Waals surface area contributed by atoms with E-state index in [1.165, 1.54) is 31.1 Å². The van der Waals surface area contributed by atoms with Crippen molar-refractivity contribution in [2.75, 3.05) is 33.1 Å². The first-order valence-corrected chi connectivity index (χ1v) is 5.70. The van der Waals surface area contributed by atoms with Crippen molar-refractivity contribution in [2.45, 2.75) is 0 Å². The summed E-state index contributed by atoms with van der Waals surface area (Å²) in [6.07, 6.45) is 0. The van der Waals surface area contributed by atoms with Crippen molar-refractivity contribution in [1.29, 1.82) is 0 Å². The van der Waals surface area contributed by atoms with E-state index >= 15 is 0 Å². The molecule has 0 atom stereocenters. The number of hydrogen-bond acceptors (Lipinski definition) is 6. The number of hydrogen-bond donors (Lipinski definition) is 1. The van der Waals surface area contributed by atoms with Crippen LogP contribution in [0.25, 0.3) is 0 Å². The number of esters is 1. The van der Waals surface area contributed by atoms with Crippen LogP contribution in [0.5, 0.6) is 0 Å². The maximum Gasteiger partial charge on any atom is 0.341 e. The largest absolute Gasteiger partial charge is 0.452 e. The molecule has 0 saturated heterocycles. The Kier molecular flexibility index (Phi) is 5.01. The number of rotatable bonds is 5. The highest BCUT2D eigenvalue weighted by Gasteiger charge is 2.18. The Hall–Kier alpha value is -2.64. The molecule has 0 aliphatic rings. The number of anilines is 1. The van der Waals surface area contributed by atoms with Crippen molar-refractivity contribution in [3.05, 3.63) is 33.9 Å². The molecule has 8 nitrogen and oxygen atoms in total. The Balaban J connectivity index is 2.93. The van der Waals surface area contributed by atoms with Gasteiger partial charge in [0.25, 0.3) is 11.6 Å². The van der Waals surface area contributed by atoms with Gasteiger partial charge < -0.3 is 15.0 Å². The first-order valence-electron chi connectivity index (χ1n) is 5.70. The van der Waals surface area contributed by atoms with Gasteiger partial charge in [0.2, 0.25) is 0 Å². The topological polar surface area (TPSA) is 102 Å². The summed E-state index contributed by atoms with van der Waals surface area (Å²) in [6, 6.07) is 3.78. The molecular weight excluding hydrogens is 266 g/mol. The molecule has 0 spiro atoms. The fourth-order valence-corrected chi connectivity index (χ4v) is 1.37. The summed E-state index contributed by atoms with van der Waals surface area (Å²) in [7, 11) is 4.63. The Bertz CT molecular complexity index is 542. The van der Waals surface area contributed by atoms with Crippen LogP contribution in [0.4, 0.5) is 11.4 Å². The van der Waals surface area contributed by atoms with Crippen molar-refractivity contribution in [1.82, 2.24) is 4.90 Å². The second-order valence-electron chi connectivity index (χ2n) is 4.10. The van der Waals surface area contributed by atoms with Gasteiger partial charge in [-0.2, -0.15) is 0 Å². The minimum Gasteiger partial charge on any atom is -0.452 e. The lowest BCUT2D eigenvalue weighted by Gasteiger charge is -2.12. The molecule has 0 radical (unpaired) electrons. The molecule has 0 aliphatic carbocycles. The quantitative estimate of drug-likeness (QED) is 0.488. The average molecular weight is 281 g/mol. The molecular formula is C12H15N3O5. The average Bonchev–Trinajstić information content (AvgIpc) is 2.43. The monoisotopic (exact) mass is 281 g/mol. The highest BCUT2D eigenvalue weighted by atomic mass is 16.6. The van der Waals surface area contributed by atoms with E-state index in [9.17, 15) is 19.7 Å². The fourth-order valence-electron chi connectivity index (χ4n) is 1.37. The van der Waals surface area contributed by atoms with Gasteiger partial charge in [0.05, 0.1) is 10.5 Å². The molecule has 1 aromatic rings. The zero-order valence-corrected chi connectivity index (χ0v) is 11.4. The van der Waals surface area contributed by atoms with Gasteiger partial charge in [-0.25, -0.2) is 4.79 Å². The molecule has 1 aromatic carbocycles. The summed E-state index contributed by atoms with van der Waals surface area (Å²) in [6.45, 7) is -0.419. The minimum atomic E-state index is -0.798. The van der Waals surface area contributed by atoms with E-state index in [2.05, 4.69) is 5.32 Å². The van der Waals surface area contributed by atoms with Crippen LogP contribution in [0.15, 0.2) is 18.2 Å². The fraction of sp³-hybridized carbons (Fsp3) is 0.333. The first-order chi connectivity index (χ1) is 9.36. The number of amides is 1. The lowest BCUT2D eigenvalue weighted by atomic mass is 10.1. The third-order valence-corrected chi connectivity index (χ3v) is 2.53. The van der Waals surface area contributed by atoms with Crippen molar-refractivity contribution in [2.24, 2.45) is 0 Å². The Morgan fingerprint density at radius 3 is 2.55 bits per heavy atom. The van der Waals surface area contributed by atoms with Gasteiger partial charge in [-0.3, -0.25) is 14.9 Å². The number of benzene rings is 1. The molecule has 0 aliphatic heterocycles. The van der Waals surface area contributed by atoms with Gasteiger partial charge in [-0.05, 0) is 6.07 Å². The molecule has 1 amide bonds. The van der Waals surface area contributed by atoms with E-state index in [1.807, 2.05) is 0 Å². The number of likely N-dealkylation sites (N-methyl/N-ethyl adjacent to an activating group) is 1. The Morgan fingerprint density at radius 2 is 2.05 bits per heavy atom. The van der Waals surface area contributed by atoms with Crippen molar-refractivity contribution < 1.29 is 19.2 Å². The molecule has 8 heteroatoms. The molecule has 0 heterocycles. The smallest absolute Gasteiger partial charge is 0.341 e. The van der Waals surface area contributed by atoms with Gasteiger partial charge in [0.1, 0.15) is 0 Å². The summed E-state index contributed by atoms with van der Waals surface area (Å²) in [5.41, 5.74) is 0.168. The molecule has 1 rings (SSSR count). The van der Waals surface area contributed by atoms with Crippen molar-refractivity contribution >= 4 is 23.3 Å². The van der Waals surface area contributed by atoms with E-state index < -0.39 is 17.5 Å². The van der Waals surface area contributed by atoms with Crippen molar-refractivity contribution in [3.63, 3.8) is 0 Å². The maximum atomic E-state index is 11.9. The number of carbonyl (C=O) groups excluding carboxylic acids is 2. The van der Waals surface area contributed by atoms with Gasteiger partial charge in [-0.1, -0.05) is 0 Å². The SMILES string of the molecule is CNc1ccc([N+](=O)[O-])cc1C(=O)OCC(=O)N(C)C. The number of carbonyl (C=O) groups is 2. The number of nitro benzene ring substituents is 1. The van der Waals surface area contributed by atoms with Gasteiger partial charge in [0.15, 0.2) is 6.61 Å². The number of nitro groups is 1. The van der Waals surface area contributed by atoms with Crippen LogP contribution in [-0.4, -0.2) is 49.4 Å². The molecule has 108 valence electrons. The molecule has 20 heavy (non-hydrogen) atoms. The maximum absolute atomic E-state index is 11.9. The predicted octanol–water partition coefficient (Wildman–Crippen LogP) is 0.881. The Morgan fingerprint density at radius 1 is 1.40 bits per heavy atom. The van der Waals surface area contributed by atoms with Crippen LogP contribution in [-0.2, 0) is 9.53 Å². The predicted molar refractivity (Wildman–Crippen MR) is 71.6 cm³/mol. The third kappa shape index (κ3) is 3.67. The van der Waals surface area contributed by atoms with Crippen LogP contribution in [0.3, 0.4) is 0 Å². The van der Waals surface area contributed by atoms with Crippen LogP contribution in [0.2, 0.25) is 0 Å². The zero-order chi connectivity index (χ0) is 15.3. The second-order valence-corrected chi connectivity index (χ2v) is 4.10. The molecule has 0 aromatic heterocycles. The molecule has 0 bridgehead atoms. The molecule has 0 saturated carbocycles. The lowest BCUT2D eigenvalue weighted by molar-refractivity contribution is -0.384. The van der Waals surface area contributed by atoms with E-state index in [0.29, 0.717) is 5.69 Å². The standard InChI is InChI=1S/C12H15N3O5/c1-13-10-5-4-8(15(18)19)6-9(10)12(17)20-7-11(16)14(2)3/h4-6,13H,7H2,1-3H3. The van der Waals surface area contributed by atoms with Crippen LogP contribution in [0, 0.1) is 10.1 Å². The van der Waals surface area contributed by atoms with Gasteiger partial charge >= 0.3 is 5.97 Å². The van der Waals surface area contributed by atoms with E-state index in [0.717, 1.165) is 6.07 Å². The van der Waals surface area contributed by atoms with E-state index in [-0.39, 0.29) is 17.2 Å². The highest BCUT2D eigenvalue weighted by molar-refractivity contribution is 5.97. The summed E-state index contributed by atoms with van der Waals surface area (Å²) in [4.78, 5) is 34.6. The molecule has 0 fully saturated rings. The normalized spacial score (nSPS) is 9.75. The third-order valence-electron chi connectivity index (χ3n) is 2.53. The van der Waals surface area contributed by atoms with Crippen LogP contribution in [0.1, 0.15) is 10.4 Å². The highest BCUT2D eigenvalue weighted by Crippen LogP contribution is 2.22. The Labute approximate surface area is 115 Å².